The number of ether oxygens (including phenoxy) is 10. The van der Waals surface area contributed by atoms with E-state index in [9.17, 15) is 48.6 Å². The Morgan fingerprint density at radius 2 is 1.43 bits per heavy atom. The fraction of sp³-hybridized carbons (Fsp3) is 0.584. The van der Waals surface area contributed by atoms with Gasteiger partial charge in [-0.05, 0) is 142 Å². The number of benzene rings is 1. The topological polar surface area (TPSA) is 447 Å². The maximum atomic E-state index is 14.9. The number of Topliss-reactive ketones (excluding diaryl/α,β-unsaturated/α-hetero) is 3. The summed E-state index contributed by atoms with van der Waals surface area (Å²) in [5, 5.41) is 33.4. The van der Waals surface area contributed by atoms with Crippen LogP contribution in [0.5, 0.6) is 0 Å². The van der Waals surface area contributed by atoms with Gasteiger partial charge in [-0.15, -0.1) is 0 Å². The molecule has 0 unspecified atom stereocenters. The Kier molecular flexibility index (Phi) is 36.1. The van der Waals surface area contributed by atoms with E-state index in [4.69, 9.17) is 68.2 Å². The molecule has 0 spiro atoms. The second kappa shape index (κ2) is 48.6. The number of nitrogens with one attached hydrogen (secondary N) is 2. The molecule has 4 fully saturated rings. The number of aliphatic hydroxyl groups excluding tert-OH is 1. The van der Waals surface area contributed by atoms with Gasteiger partial charge in [-0.25, -0.2) is 49.2 Å². The number of ketones is 3. The number of nitrogen functional groups attached to an aromatic ring is 1. The van der Waals surface area contributed by atoms with Crippen LogP contribution in [0.3, 0.4) is 0 Å². The van der Waals surface area contributed by atoms with Gasteiger partial charge in [0.15, 0.2) is 11.4 Å². The lowest BCUT2D eigenvalue weighted by atomic mass is 9.78. The van der Waals surface area contributed by atoms with Crippen molar-refractivity contribution >= 4 is 86.9 Å². The van der Waals surface area contributed by atoms with E-state index in [0.717, 1.165) is 51.0 Å². The molecule has 3 saturated heterocycles. The van der Waals surface area contributed by atoms with E-state index in [2.05, 4.69) is 58.3 Å². The summed E-state index contributed by atoms with van der Waals surface area (Å²) in [6, 6.07) is 9.10. The normalized spacial score (nSPS) is 26.3. The summed E-state index contributed by atoms with van der Waals surface area (Å²) in [5.74, 6) is -7.60. The number of hydrogen-bond donors (Lipinski definition) is 5. The molecule has 6 aromatic heterocycles. The minimum atomic E-state index is -2.49. The molecule has 1 aliphatic carbocycles. The zero-order valence-electron chi connectivity index (χ0n) is 81.0. The van der Waals surface area contributed by atoms with E-state index in [-0.39, 0.29) is 87.1 Å². The standard InChI is InChI=1S/C101H135N17O20/c1-62-16-12-11-13-17-63(2)82(129-8)52-77-23-19-68(7)101(128,138-77)91(123)96(125)117-31-15-14-18-79(117)97(126)136-83(53-80(119)64(3)47-67(6)89(122)90(131-10)88(121)66(5)46-62)65(4)48-69-21-24-81(84(50-69)130-9)137-100(127)116-33-27-78-76(60-116)57-108-99(111-78)114-36-34-113(35-37-114)98-106-55-75(56-107-98)95(124)104-30-39-133-41-43-135-45-44-134-42-40-132-38-28-85(120)115-32-26-71-49-70(20-22-73(71)59-115)58-118-94-86(92(102)109-61-110-94)87(112-118)74-51-72-25-29-103-93(72)105-54-74/h11-13,16-17,20,22,25,29,47,49,51,54-57,61-62,64-66,68-69,77,79,81-84,89-90,122,128H,14-15,18-19,21,23-24,26-28,30-46,48,50,52-53,58-60H2,1-10H3,(H,103,105)(H,104,124)(H2,102,109,110)/b13-11?,16-12+,63-17?,67-47+/t62-,64-,65-,66-,68-,69+,77+,79+,81-,82+,83+,84-,89-,90+,101-/m1/s1. The first kappa shape index (κ1) is 103. The number of nitrogens with two attached hydrogens (primary N) is 1. The molecular weight excluding hydrogens is 1770 g/mol. The molecule has 138 heavy (non-hydrogen) atoms. The number of hydrogen-bond acceptors (Lipinski definition) is 31. The van der Waals surface area contributed by atoms with Crippen molar-refractivity contribution in [2.45, 2.75) is 219 Å². The third-order valence-electron chi connectivity index (χ3n) is 27.9. The fourth-order valence-electron chi connectivity index (χ4n) is 19.7. The molecule has 37 heteroatoms. The molecule has 37 nitrogen and oxygen atoms in total. The number of allylic oxidation sites excluding steroid dienone is 6. The number of aromatic amines is 1. The number of carbonyl (C=O) groups excluding carboxylic acids is 8. The van der Waals surface area contributed by atoms with Crippen LogP contribution < -0.4 is 20.9 Å². The number of methoxy groups -OCH3 is 3. The van der Waals surface area contributed by atoms with E-state index in [1.807, 2.05) is 84.0 Å². The Labute approximate surface area is 805 Å². The summed E-state index contributed by atoms with van der Waals surface area (Å²) in [7, 11) is 4.52. The van der Waals surface area contributed by atoms with Crippen molar-refractivity contribution in [2.24, 2.45) is 35.5 Å². The van der Waals surface area contributed by atoms with Crippen molar-refractivity contribution in [3.63, 3.8) is 0 Å². The smallest absolute Gasteiger partial charge is 0.410 e. The monoisotopic (exact) mass is 1910 g/mol. The molecule has 12 heterocycles. The average Bonchev–Trinajstić information content (AvgIpc) is 1.26. The Morgan fingerprint density at radius 3 is 2.17 bits per heavy atom. The van der Waals surface area contributed by atoms with E-state index >= 15 is 0 Å². The lowest BCUT2D eigenvalue weighted by molar-refractivity contribution is -0.265. The van der Waals surface area contributed by atoms with Gasteiger partial charge in [-0.1, -0.05) is 89.3 Å². The van der Waals surface area contributed by atoms with Crippen LogP contribution in [-0.2, 0) is 109 Å². The number of rotatable bonds is 28. The lowest BCUT2D eigenvalue weighted by Crippen LogP contribution is -2.61. The van der Waals surface area contributed by atoms with Gasteiger partial charge in [0.05, 0.1) is 107 Å². The maximum Gasteiger partial charge on any atom is 0.410 e. The van der Waals surface area contributed by atoms with Crippen LogP contribution in [0.4, 0.5) is 22.5 Å². The highest BCUT2D eigenvalue weighted by atomic mass is 16.6. The molecule has 1 saturated carbocycles. The van der Waals surface area contributed by atoms with Crippen LogP contribution in [0.15, 0.2) is 115 Å². The van der Waals surface area contributed by atoms with Gasteiger partial charge < -0.3 is 98.1 Å². The summed E-state index contributed by atoms with van der Waals surface area (Å²) in [6.07, 6.45) is 20.7. The number of piperazine rings is 1. The summed E-state index contributed by atoms with van der Waals surface area (Å²) in [5.41, 5.74) is 15.8. The highest BCUT2D eigenvalue weighted by Crippen LogP contribution is 2.41. The van der Waals surface area contributed by atoms with Crippen LogP contribution in [0.1, 0.15) is 170 Å². The number of H-pyrrole nitrogens is 1. The average molecular weight is 1910 g/mol. The number of cyclic esters (lactones) is 1. The summed E-state index contributed by atoms with van der Waals surface area (Å²) < 4.78 is 61.2. The van der Waals surface area contributed by atoms with Crippen molar-refractivity contribution in [3.8, 4) is 11.3 Å². The Morgan fingerprint density at radius 1 is 0.703 bits per heavy atom. The molecule has 6 N–H and O–H groups in total. The van der Waals surface area contributed by atoms with Crippen LogP contribution in [-0.4, -0.2) is 303 Å². The Hall–Kier alpha value is -11.3. The van der Waals surface area contributed by atoms with Gasteiger partial charge in [-0.2, -0.15) is 5.10 Å². The van der Waals surface area contributed by atoms with Crippen molar-refractivity contribution in [1.29, 1.82) is 0 Å². The van der Waals surface area contributed by atoms with E-state index in [1.165, 1.54) is 36.3 Å². The first-order valence-electron chi connectivity index (χ1n) is 48.6. The third kappa shape index (κ3) is 25.9. The SMILES string of the molecule is CO[C@H]1C[C@@H]2CC[C@@H](C)[C@@](O)(O2)C(=O)C(=O)N2CCCC[C@H]2C(=O)O[C@H]([C@H](C)C[C@@H]2CC[C@@H](OC(=O)N3CCc4nc(N5CCN(c6ncc(C(=O)NCCOCCOCCOCCOCCC(=O)N7CCc8cc(Cn9nc(-c%10cnc%11[nH]ccc%11c%10)c%10c(N)ncnc%109)ccc8C7)cn6)CC5)ncc4C3)[C@H](OC)C2)CC(=O)[C@H](C)/C=C(\C)[C@@H](O)[C@@H](OC)C(=O)[C@H](C)C[C@H](C)/C=C/C=CC=C1C. The number of aliphatic hydroxyl groups is 2. The predicted molar refractivity (Wildman–Crippen MR) is 512 cm³/mol. The van der Waals surface area contributed by atoms with Gasteiger partial charge in [0.25, 0.3) is 17.6 Å². The minimum Gasteiger partial charge on any atom is -0.460 e. The first-order chi connectivity index (χ1) is 66.6. The fourth-order valence-corrected chi connectivity index (χ4v) is 19.7. The molecule has 0 radical (unpaired) electrons. The molecule has 6 aliphatic heterocycles. The van der Waals surface area contributed by atoms with E-state index in [1.54, 1.807) is 65.3 Å². The van der Waals surface area contributed by atoms with E-state index in [0.29, 0.717) is 208 Å². The second-order valence-electron chi connectivity index (χ2n) is 37.7. The zero-order valence-corrected chi connectivity index (χ0v) is 81.0. The van der Waals surface area contributed by atoms with Crippen molar-refractivity contribution in [3.05, 3.63) is 149 Å². The highest BCUT2D eigenvalue weighted by molar-refractivity contribution is 6.39. The highest BCUT2D eigenvalue weighted by Gasteiger charge is 2.54. The van der Waals surface area contributed by atoms with Crippen molar-refractivity contribution in [2.75, 3.05) is 142 Å². The molecule has 7 aromatic rings. The number of piperidine rings is 1. The predicted octanol–water partition coefficient (Wildman–Crippen LogP) is 9.37. The number of amides is 4. The summed E-state index contributed by atoms with van der Waals surface area (Å²) >= 11 is 0. The lowest BCUT2D eigenvalue weighted by Gasteiger charge is -2.42. The van der Waals surface area contributed by atoms with Gasteiger partial charge in [0.1, 0.15) is 59.7 Å². The van der Waals surface area contributed by atoms with Crippen LogP contribution >= 0.6 is 0 Å². The van der Waals surface area contributed by atoms with Gasteiger partial charge in [-0.3, -0.25) is 28.8 Å². The number of carbonyl (C=O) groups is 8. The van der Waals surface area contributed by atoms with Crippen molar-refractivity contribution < 1.29 is 95.9 Å². The van der Waals surface area contributed by atoms with Crippen molar-refractivity contribution in [1.82, 2.24) is 69.7 Å². The number of pyridine rings is 1. The van der Waals surface area contributed by atoms with Gasteiger partial charge in [0, 0.05) is 165 Å². The largest absolute Gasteiger partial charge is 0.460 e. The Balaban J connectivity index is 0.478. The van der Waals surface area contributed by atoms with Crippen LogP contribution in [0, 0.1) is 35.5 Å². The molecule has 2 bridgehead atoms. The van der Waals surface area contributed by atoms with Gasteiger partial charge in [0.2, 0.25) is 23.6 Å². The van der Waals surface area contributed by atoms with Crippen LogP contribution in [0.25, 0.3) is 33.3 Å². The minimum absolute atomic E-state index is 0.0248. The molecule has 15 atom stereocenters. The second-order valence-corrected chi connectivity index (χ2v) is 37.7. The summed E-state index contributed by atoms with van der Waals surface area (Å²) in [4.78, 5) is 157. The molecule has 1 aromatic carbocycles. The number of aromatic nitrogens is 10. The maximum absolute atomic E-state index is 14.9. The first-order valence-corrected chi connectivity index (χ1v) is 48.6. The third-order valence-corrected chi connectivity index (χ3v) is 27.9. The quantitative estimate of drug-likeness (QED) is 0.0132. The van der Waals surface area contributed by atoms with Crippen LogP contribution in [0.2, 0.25) is 0 Å². The number of nitrogens with zero attached hydrogens (tertiary/aromatic N) is 14. The number of esters is 1. The molecule has 744 valence electrons. The van der Waals surface area contributed by atoms with E-state index < -0.39 is 102 Å². The molecule has 4 amide bonds. The number of anilines is 3. The molecule has 14 rings (SSSR count). The molecular formula is C101H135N17O20. The zero-order chi connectivity index (χ0) is 97.7. The molecule has 7 aliphatic rings. The number of fused-ring (bicyclic) bond motifs is 7. The Bertz CT molecular complexity index is 5500. The van der Waals surface area contributed by atoms with Gasteiger partial charge >= 0.3 is 12.1 Å². The summed E-state index contributed by atoms with van der Waals surface area (Å²) in [6.45, 7) is 20.2.